The van der Waals surface area contributed by atoms with Crippen molar-refractivity contribution in [3.8, 4) is 11.8 Å². The molecule has 1 aliphatic heterocycles. The molecule has 0 aliphatic carbocycles. The van der Waals surface area contributed by atoms with Gasteiger partial charge in [-0.25, -0.2) is 4.79 Å². The van der Waals surface area contributed by atoms with Crippen LogP contribution in [0.1, 0.15) is 27.2 Å². The fourth-order valence-electron chi connectivity index (χ4n) is 2.64. The summed E-state index contributed by atoms with van der Waals surface area (Å²) in [4.78, 5) is 28.0. The van der Waals surface area contributed by atoms with Crippen LogP contribution in [0.25, 0.3) is 17.0 Å². The molecule has 1 aromatic carbocycles. The average Bonchev–Trinajstić information content (AvgIpc) is 3.28. The predicted molar refractivity (Wildman–Crippen MR) is 114 cm³/mol. The Morgan fingerprint density at radius 1 is 1.28 bits per heavy atom. The topological polar surface area (TPSA) is 81.4 Å². The number of ether oxygens (including phenoxy) is 1. The van der Waals surface area contributed by atoms with Gasteiger partial charge in [0.15, 0.2) is 5.58 Å². The van der Waals surface area contributed by atoms with Crippen molar-refractivity contribution in [3.05, 3.63) is 70.1 Å². The first kappa shape index (κ1) is 18.9. The van der Waals surface area contributed by atoms with Gasteiger partial charge >= 0.3 is 5.97 Å². The number of aromatic nitrogens is 1. The normalized spacial score (nSPS) is 14.6. The molecule has 142 valence electrons. The number of fused-ring (bicyclic) bond motifs is 1. The summed E-state index contributed by atoms with van der Waals surface area (Å²) >= 11 is 6.18. The molecule has 1 amide bonds. The van der Waals surface area contributed by atoms with Crippen LogP contribution < -0.4 is 5.32 Å². The van der Waals surface area contributed by atoms with Crippen LogP contribution in [0.4, 0.5) is 0 Å². The molecule has 1 fully saturated rings. The molecule has 8 heteroatoms. The third kappa shape index (κ3) is 4.06. The third-order valence-electron chi connectivity index (χ3n) is 4.00. The highest BCUT2D eigenvalue weighted by molar-refractivity contribution is 8.26. The number of rotatable bonds is 2. The van der Waals surface area contributed by atoms with E-state index in [1.54, 1.807) is 48.8 Å². The van der Waals surface area contributed by atoms with E-state index in [-0.39, 0.29) is 5.91 Å². The molecule has 1 aliphatic rings. The van der Waals surface area contributed by atoms with Crippen LogP contribution in [0, 0.1) is 11.8 Å². The maximum Gasteiger partial charge on any atom is 0.337 e. The van der Waals surface area contributed by atoms with Crippen molar-refractivity contribution in [2.75, 3.05) is 7.11 Å². The Morgan fingerprint density at radius 2 is 2.07 bits per heavy atom. The number of hydrogen-bond acceptors (Lipinski definition) is 7. The number of pyridine rings is 1. The second-order valence-corrected chi connectivity index (χ2v) is 7.64. The Hall–Kier alpha value is -3.41. The lowest BCUT2D eigenvalue weighted by Gasteiger charge is -1.98. The molecule has 3 aromatic rings. The van der Waals surface area contributed by atoms with Gasteiger partial charge in [0.05, 0.1) is 23.1 Å². The molecule has 0 bridgehead atoms. The maximum atomic E-state index is 11.8. The summed E-state index contributed by atoms with van der Waals surface area (Å²) < 4.78 is 11.0. The lowest BCUT2D eigenvalue weighted by atomic mass is 10.1. The van der Waals surface area contributed by atoms with Crippen molar-refractivity contribution in [1.29, 1.82) is 0 Å². The van der Waals surface area contributed by atoms with Crippen molar-refractivity contribution in [3.63, 3.8) is 0 Å². The molecule has 4 rings (SSSR count). The summed E-state index contributed by atoms with van der Waals surface area (Å²) in [6.45, 7) is 0. The largest absolute Gasteiger partial charge is 0.465 e. The Morgan fingerprint density at radius 3 is 2.76 bits per heavy atom. The van der Waals surface area contributed by atoms with E-state index in [2.05, 4.69) is 26.9 Å². The Balaban J connectivity index is 1.64. The first-order valence-electron chi connectivity index (χ1n) is 8.36. The van der Waals surface area contributed by atoms with Crippen LogP contribution in [0.2, 0.25) is 0 Å². The number of thiocarbonyl (C=S) groups is 1. The van der Waals surface area contributed by atoms with Gasteiger partial charge in [-0.05, 0) is 30.3 Å². The SMILES string of the molecule is COC(=O)c1ccc(C#Cc2cncc3cc(/C=C4/SC(=S)NC4=O)oc23)cc1. The van der Waals surface area contributed by atoms with Crippen molar-refractivity contribution in [2.45, 2.75) is 0 Å². The summed E-state index contributed by atoms with van der Waals surface area (Å²) in [5.41, 5.74) is 2.38. The number of carbonyl (C=O) groups is 2. The molecule has 2 aromatic heterocycles. The van der Waals surface area contributed by atoms with Gasteiger partial charge in [0.25, 0.3) is 5.91 Å². The maximum absolute atomic E-state index is 11.8. The fourth-order valence-corrected chi connectivity index (χ4v) is 3.66. The minimum absolute atomic E-state index is 0.242. The molecule has 3 heterocycles. The fraction of sp³-hybridized carbons (Fsp3) is 0.0476. The Bertz CT molecular complexity index is 1250. The smallest absolute Gasteiger partial charge is 0.337 e. The standard InChI is InChI=1S/C21H12N2O4S2/c1-26-20(25)13-5-2-12(3-6-13)4-7-14-10-22-11-15-8-16(27-18(14)15)9-17-19(24)23-21(28)29-17/h2-3,5-6,8-11H,1H3,(H,23,24,28)/b17-9+. The van der Waals surface area contributed by atoms with E-state index < -0.39 is 5.97 Å². The molecule has 6 nitrogen and oxygen atoms in total. The molecular weight excluding hydrogens is 408 g/mol. The third-order valence-corrected chi connectivity index (χ3v) is 5.17. The van der Waals surface area contributed by atoms with E-state index in [9.17, 15) is 9.59 Å². The van der Waals surface area contributed by atoms with Crippen LogP contribution >= 0.6 is 24.0 Å². The Labute approximate surface area is 175 Å². The number of furan rings is 1. The van der Waals surface area contributed by atoms with E-state index in [4.69, 9.17) is 16.6 Å². The van der Waals surface area contributed by atoms with Gasteiger partial charge in [-0.15, -0.1) is 0 Å². The molecule has 29 heavy (non-hydrogen) atoms. The summed E-state index contributed by atoms with van der Waals surface area (Å²) in [5.74, 6) is 5.95. The van der Waals surface area contributed by atoms with Crippen LogP contribution in [0.3, 0.4) is 0 Å². The quantitative estimate of drug-likeness (QED) is 0.294. The van der Waals surface area contributed by atoms with Crippen molar-refractivity contribution in [2.24, 2.45) is 0 Å². The lowest BCUT2D eigenvalue weighted by Crippen LogP contribution is -2.17. The van der Waals surface area contributed by atoms with Crippen molar-refractivity contribution >= 4 is 57.2 Å². The number of methoxy groups -OCH3 is 1. The van der Waals surface area contributed by atoms with E-state index in [0.29, 0.717) is 31.7 Å². The zero-order valence-electron chi connectivity index (χ0n) is 15.0. The number of carbonyl (C=O) groups excluding carboxylic acids is 2. The van der Waals surface area contributed by atoms with Gasteiger partial charge in [0.2, 0.25) is 0 Å². The molecular formula is C21H12N2O4S2. The van der Waals surface area contributed by atoms with Crippen molar-refractivity contribution < 1.29 is 18.7 Å². The Kier molecular flexibility index (Phi) is 5.16. The number of thioether (sulfide) groups is 1. The van der Waals surface area contributed by atoms with Gasteiger partial charge in [-0.3, -0.25) is 9.78 Å². The van der Waals surface area contributed by atoms with Crippen LogP contribution in [0.5, 0.6) is 0 Å². The number of hydrogen-bond donors (Lipinski definition) is 1. The van der Waals surface area contributed by atoms with Gasteiger partial charge in [0.1, 0.15) is 10.1 Å². The molecule has 1 saturated heterocycles. The predicted octanol–water partition coefficient (Wildman–Crippen LogP) is 3.50. The minimum Gasteiger partial charge on any atom is -0.465 e. The molecule has 0 unspecified atom stereocenters. The van der Waals surface area contributed by atoms with E-state index in [0.717, 1.165) is 10.9 Å². The number of benzene rings is 1. The number of amides is 1. The first-order chi connectivity index (χ1) is 14.0. The summed E-state index contributed by atoms with van der Waals surface area (Å²) in [5, 5.41) is 3.34. The van der Waals surface area contributed by atoms with Gasteiger partial charge in [0, 0.05) is 29.4 Å². The zero-order chi connectivity index (χ0) is 20.4. The van der Waals surface area contributed by atoms with Crippen LogP contribution in [-0.4, -0.2) is 28.3 Å². The number of nitrogens with zero attached hydrogens (tertiary/aromatic N) is 1. The highest BCUT2D eigenvalue weighted by Crippen LogP contribution is 2.29. The van der Waals surface area contributed by atoms with E-state index in [1.807, 2.05) is 0 Å². The monoisotopic (exact) mass is 420 g/mol. The number of esters is 1. The summed E-state index contributed by atoms with van der Waals surface area (Å²) in [6, 6.07) is 8.58. The number of nitrogens with one attached hydrogen (secondary N) is 1. The molecule has 0 spiro atoms. The van der Waals surface area contributed by atoms with Crippen LogP contribution in [-0.2, 0) is 9.53 Å². The highest BCUT2D eigenvalue weighted by atomic mass is 32.2. The second kappa shape index (κ2) is 7.91. The molecule has 1 N–H and O–H groups in total. The average molecular weight is 420 g/mol. The summed E-state index contributed by atoms with van der Waals surface area (Å²) in [7, 11) is 1.34. The van der Waals surface area contributed by atoms with Crippen molar-refractivity contribution in [1.82, 2.24) is 10.3 Å². The highest BCUT2D eigenvalue weighted by Gasteiger charge is 2.22. The zero-order valence-corrected chi connectivity index (χ0v) is 16.6. The van der Waals surface area contributed by atoms with E-state index in [1.165, 1.54) is 18.9 Å². The van der Waals surface area contributed by atoms with Gasteiger partial charge in [-0.2, -0.15) is 0 Å². The van der Waals surface area contributed by atoms with Gasteiger partial charge in [-0.1, -0.05) is 35.8 Å². The van der Waals surface area contributed by atoms with Gasteiger partial charge < -0.3 is 14.5 Å². The van der Waals surface area contributed by atoms with E-state index >= 15 is 0 Å². The van der Waals surface area contributed by atoms with Crippen LogP contribution in [0.15, 0.2) is 52.0 Å². The second-order valence-electron chi connectivity index (χ2n) is 5.93. The minimum atomic E-state index is -0.398. The molecule has 0 saturated carbocycles. The molecule has 0 atom stereocenters. The molecule has 0 radical (unpaired) electrons. The first-order valence-corrected chi connectivity index (χ1v) is 9.59. The summed E-state index contributed by atoms with van der Waals surface area (Å²) in [6.07, 6.45) is 4.93. The lowest BCUT2D eigenvalue weighted by molar-refractivity contribution is -0.115.